The summed E-state index contributed by atoms with van der Waals surface area (Å²) in [5, 5.41) is 12.8. The molecule has 1 heterocycles. The first kappa shape index (κ1) is 11.4. The van der Waals surface area contributed by atoms with Gasteiger partial charge in [-0.05, 0) is 13.3 Å². The summed E-state index contributed by atoms with van der Waals surface area (Å²) < 4.78 is 4.23. The molecule has 0 aliphatic heterocycles. The predicted molar refractivity (Wildman–Crippen MR) is 58.8 cm³/mol. The lowest BCUT2D eigenvalue weighted by atomic mass is 10.2. The molecule has 1 aromatic heterocycles. The topological polar surface area (TPSA) is 58.0 Å². The van der Waals surface area contributed by atoms with E-state index in [0.29, 0.717) is 5.92 Å². The standard InChI is InChI=1S/C9H17N3OS/c1-6(2)8-11-9(14-12-8)10-7(3)4-5-13/h6-7,13H,4-5H2,1-3H3,(H,10,11,12). The smallest absolute Gasteiger partial charge is 0.202 e. The third-order valence-electron chi connectivity index (χ3n) is 1.89. The molecule has 1 rings (SSSR count). The molecule has 0 aromatic carbocycles. The molecule has 0 aliphatic rings. The van der Waals surface area contributed by atoms with E-state index >= 15 is 0 Å². The maximum Gasteiger partial charge on any atom is 0.202 e. The maximum atomic E-state index is 8.74. The Morgan fingerprint density at radius 2 is 2.14 bits per heavy atom. The fraction of sp³-hybridized carbons (Fsp3) is 0.778. The molecule has 0 amide bonds. The Hall–Kier alpha value is -0.680. The van der Waals surface area contributed by atoms with Gasteiger partial charge in [-0.15, -0.1) is 0 Å². The van der Waals surface area contributed by atoms with Gasteiger partial charge in [-0.25, -0.2) is 4.98 Å². The second-order valence-electron chi connectivity index (χ2n) is 3.67. The molecule has 1 aromatic rings. The monoisotopic (exact) mass is 215 g/mol. The quantitative estimate of drug-likeness (QED) is 0.787. The van der Waals surface area contributed by atoms with E-state index in [2.05, 4.69) is 28.5 Å². The number of rotatable bonds is 5. The van der Waals surface area contributed by atoms with Crippen molar-refractivity contribution in [2.75, 3.05) is 11.9 Å². The molecule has 0 fully saturated rings. The van der Waals surface area contributed by atoms with Crippen molar-refractivity contribution in [2.24, 2.45) is 0 Å². The molecular formula is C9H17N3OS. The molecule has 4 nitrogen and oxygen atoms in total. The average Bonchev–Trinajstić information content (AvgIpc) is 2.53. The van der Waals surface area contributed by atoms with E-state index in [9.17, 15) is 0 Å². The van der Waals surface area contributed by atoms with E-state index in [1.807, 2.05) is 6.92 Å². The van der Waals surface area contributed by atoms with Crippen molar-refractivity contribution in [2.45, 2.75) is 39.2 Å². The van der Waals surface area contributed by atoms with Gasteiger partial charge in [0, 0.05) is 30.1 Å². The number of aromatic nitrogens is 2. The van der Waals surface area contributed by atoms with Crippen LogP contribution in [0.5, 0.6) is 0 Å². The molecule has 14 heavy (non-hydrogen) atoms. The summed E-state index contributed by atoms with van der Waals surface area (Å²) in [6, 6.07) is 0.243. The van der Waals surface area contributed by atoms with Crippen LogP contribution in [0.4, 0.5) is 5.13 Å². The first-order valence-electron chi connectivity index (χ1n) is 4.84. The van der Waals surface area contributed by atoms with Gasteiger partial charge in [0.05, 0.1) is 0 Å². The molecule has 0 saturated heterocycles. The Labute approximate surface area is 88.6 Å². The summed E-state index contributed by atoms with van der Waals surface area (Å²) in [4.78, 5) is 4.35. The molecule has 0 radical (unpaired) electrons. The molecule has 1 unspecified atom stereocenters. The number of hydrogen-bond acceptors (Lipinski definition) is 5. The second kappa shape index (κ2) is 5.26. The fourth-order valence-corrected chi connectivity index (χ4v) is 1.82. The average molecular weight is 215 g/mol. The summed E-state index contributed by atoms with van der Waals surface area (Å²) in [7, 11) is 0. The Bertz CT molecular complexity index is 275. The van der Waals surface area contributed by atoms with Crippen molar-refractivity contribution in [3.05, 3.63) is 5.82 Å². The highest BCUT2D eigenvalue weighted by molar-refractivity contribution is 7.09. The summed E-state index contributed by atoms with van der Waals surface area (Å²) in [5.74, 6) is 1.25. The first-order chi connectivity index (χ1) is 6.63. The largest absolute Gasteiger partial charge is 0.396 e. The molecule has 0 bridgehead atoms. The first-order valence-corrected chi connectivity index (χ1v) is 5.61. The third kappa shape index (κ3) is 3.23. The highest BCUT2D eigenvalue weighted by atomic mass is 32.1. The molecule has 5 heteroatoms. The number of aliphatic hydroxyl groups is 1. The number of aliphatic hydroxyl groups excluding tert-OH is 1. The zero-order chi connectivity index (χ0) is 10.6. The van der Waals surface area contributed by atoms with Crippen molar-refractivity contribution >= 4 is 16.7 Å². The van der Waals surface area contributed by atoms with Crippen LogP contribution in [0.25, 0.3) is 0 Å². The molecular weight excluding hydrogens is 198 g/mol. The minimum absolute atomic E-state index is 0.198. The molecule has 0 spiro atoms. The van der Waals surface area contributed by atoms with Crippen molar-refractivity contribution in [1.29, 1.82) is 0 Å². The zero-order valence-electron chi connectivity index (χ0n) is 8.82. The van der Waals surface area contributed by atoms with Crippen molar-refractivity contribution in [3.8, 4) is 0 Å². The molecule has 80 valence electrons. The summed E-state index contributed by atoms with van der Waals surface area (Å²) in [6.07, 6.45) is 0.733. The van der Waals surface area contributed by atoms with Gasteiger partial charge in [-0.1, -0.05) is 13.8 Å². The minimum Gasteiger partial charge on any atom is -0.396 e. The van der Waals surface area contributed by atoms with E-state index in [-0.39, 0.29) is 12.6 Å². The fourth-order valence-electron chi connectivity index (χ4n) is 1.00. The lowest BCUT2D eigenvalue weighted by Gasteiger charge is -2.09. The number of anilines is 1. The second-order valence-corrected chi connectivity index (χ2v) is 4.42. The van der Waals surface area contributed by atoms with E-state index in [1.54, 1.807) is 0 Å². The Morgan fingerprint density at radius 3 is 2.64 bits per heavy atom. The van der Waals surface area contributed by atoms with Crippen LogP contribution >= 0.6 is 11.5 Å². The van der Waals surface area contributed by atoms with Crippen LogP contribution in [0.3, 0.4) is 0 Å². The maximum absolute atomic E-state index is 8.74. The normalized spacial score (nSPS) is 13.2. The Balaban J connectivity index is 2.51. The zero-order valence-corrected chi connectivity index (χ0v) is 9.64. The van der Waals surface area contributed by atoms with Gasteiger partial charge in [0.25, 0.3) is 0 Å². The van der Waals surface area contributed by atoms with Gasteiger partial charge in [-0.2, -0.15) is 4.37 Å². The summed E-state index contributed by atoms with van der Waals surface area (Å²) in [5.41, 5.74) is 0. The highest BCUT2D eigenvalue weighted by Crippen LogP contribution is 2.18. The molecule has 1 atom stereocenters. The lowest BCUT2D eigenvalue weighted by Crippen LogP contribution is -2.16. The summed E-state index contributed by atoms with van der Waals surface area (Å²) in [6.45, 7) is 6.36. The third-order valence-corrected chi connectivity index (χ3v) is 2.55. The van der Waals surface area contributed by atoms with Gasteiger partial charge in [0.1, 0.15) is 5.82 Å². The predicted octanol–water partition coefficient (Wildman–Crippen LogP) is 1.84. The van der Waals surface area contributed by atoms with Crippen LogP contribution in [0.2, 0.25) is 0 Å². The van der Waals surface area contributed by atoms with Gasteiger partial charge < -0.3 is 10.4 Å². The van der Waals surface area contributed by atoms with Gasteiger partial charge in [-0.3, -0.25) is 0 Å². The number of nitrogens with one attached hydrogen (secondary N) is 1. The van der Waals surface area contributed by atoms with Crippen LogP contribution in [0.15, 0.2) is 0 Å². The summed E-state index contributed by atoms with van der Waals surface area (Å²) >= 11 is 1.38. The van der Waals surface area contributed by atoms with Crippen LogP contribution in [0.1, 0.15) is 38.9 Å². The Kier molecular flexibility index (Phi) is 4.28. The molecule has 2 N–H and O–H groups in total. The van der Waals surface area contributed by atoms with Crippen LogP contribution in [-0.4, -0.2) is 27.1 Å². The van der Waals surface area contributed by atoms with Crippen molar-refractivity contribution in [3.63, 3.8) is 0 Å². The molecule has 0 saturated carbocycles. The van der Waals surface area contributed by atoms with E-state index < -0.39 is 0 Å². The lowest BCUT2D eigenvalue weighted by molar-refractivity contribution is 0.282. The van der Waals surface area contributed by atoms with Gasteiger partial charge >= 0.3 is 0 Å². The van der Waals surface area contributed by atoms with E-state index in [1.165, 1.54) is 11.5 Å². The minimum atomic E-state index is 0.198. The van der Waals surface area contributed by atoms with E-state index in [4.69, 9.17) is 5.11 Å². The van der Waals surface area contributed by atoms with Crippen LogP contribution < -0.4 is 5.32 Å². The van der Waals surface area contributed by atoms with Crippen LogP contribution in [0, 0.1) is 0 Å². The SMILES string of the molecule is CC(CCO)Nc1nc(C(C)C)ns1. The Morgan fingerprint density at radius 1 is 1.43 bits per heavy atom. The molecule has 0 aliphatic carbocycles. The van der Waals surface area contributed by atoms with E-state index in [0.717, 1.165) is 17.4 Å². The van der Waals surface area contributed by atoms with Crippen LogP contribution in [-0.2, 0) is 0 Å². The number of hydrogen-bond donors (Lipinski definition) is 2. The number of nitrogens with zero attached hydrogens (tertiary/aromatic N) is 2. The van der Waals surface area contributed by atoms with Crippen molar-refractivity contribution < 1.29 is 5.11 Å². The van der Waals surface area contributed by atoms with Gasteiger partial charge in [0.15, 0.2) is 0 Å². The highest BCUT2D eigenvalue weighted by Gasteiger charge is 2.09. The van der Waals surface area contributed by atoms with Gasteiger partial charge in [0.2, 0.25) is 5.13 Å². The van der Waals surface area contributed by atoms with Crippen molar-refractivity contribution in [1.82, 2.24) is 9.36 Å².